The van der Waals surface area contributed by atoms with E-state index in [1.807, 2.05) is 0 Å². The van der Waals surface area contributed by atoms with Crippen molar-refractivity contribution in [3.05, 3.63) is 59.2 Å². The lowest BCUT2D eigenvalue weighted by molar-refractivity contribution is 0.0473. The summed E-state index contributed by atoms with van der Waals surface area (Å²) in [6.07, 6.45) is 0. The predicted octanol–water partition coefficient (Wildman–Crippen LogP) is 2.91. The van der Waals surface area contributed by atoms with Gasteiger partial charge in [0, 0.05) is 11.8 Å². The molecule has 0 heterocycles. The molecule has 0 amide bonds. The van der Waals surface area contributed by atoms with E-state index in [0.29, 0.717) is 11.3 Å². The van der Waals surface area contributed by atoms with Gasteiger partial charge in [-0.25, -0.2) is 13.6 Å². The van der Waals surface area contributed by atoms with E-state index in [1.54, 1.807) is 24.3 Å². The lowest BCUT2D eigenvalue weighted by atomic mass is 10.1. The minimum atomic E-state index is -1.16. The number of nitrogens with two attached hydrogens (primary N) is 1. The van der Waals surface area contributed by atoms with Crippen molar-refractivity contribution < 1.29 is 23.0 Å². The summed E-state index contributed by atoms with van der Waals surface area (Å²) in [6.45, 7) is -0.0333. The maximum absolute atomic E-state index is 13.1. The van der Waals surface area contributed by atoms with Crippen molar-refractivity contribution in [2.75, 3.05) is 12.8 Å². The van der Waals surface area contributed by atoms with E-state index >= 15 is 0 Å². The molecule has 0 aliphatic carbocycles. The highest BCUT2D eigenvalue weighted by Crippen LogP contribution is 2.19. The van der Waals surface area contributed by atoms with Gasteiger partial charge in [-0.15, -0.1) is 0 Å². The molecule has 6 heteroatoms. The van der Waals surface area contributed by atoms with Gasteiger partial charge in [-0.3, -0.25) is 0 Å². The van der Waals surface area contributed by atoms with Gasteiger partial charge in [0.25, 0.3) is 0 Å². The van der Waals surface area contributed by atoms with Crippen LogP contribution >= 0.6 is 0 Å². The molecular weight excluding hydrogens is 280 g/mol. The van der Waals surface area contributed by atoms with Crippen molar-refractivity contribution in [1.82, 2.24) is 0 Å². The zero-order valence-corrected chi connectivity index (χ0v) is 11.2. The van der Waals surface area contributed by atoms with Crippen molar-refractivity contribution in [3.63, 3.8) is 0 Å². The molecule has 0 aliphatic heterocycles. The van der Waals surface area contributed by atoms with Gasteiger partial charge in [0.15, 0.2) is 11.6 Å². The molecule has 2 N–H and O–H groups in total. The summed E-state index contributed by atoms with van der Waals surface area (Å²) in [6, 6.07) is 8.40. The van der Waals surface area contributed by atoms with Crippen LogP contribution in [0, 0.1) is 11.6 Å². The Balaban J connectivity index is 2.10. The molecule has 0 saturated carbocycles. The largest absolute Gasteiger partial charge is 0.497 e. The minimum Gasteiger partial charge on any atom is -0.497 e. The summed E-state index contributed by atoms with van der Waals surface area (Å²) >= 11 is 0. The van der Waals surface area contributed by atoms with Gasteiger partial charge < -0.3 is 15.2 Å². The number of halogens is 2. The number of rotatable bonds is 4. The van der Waals surface area contributed by atoms with Crippen molar-refractivity contribution in [2.24, 2.45) is 0 Å². The average molecular weight is 293 g/mol. The number of benzene rings is 2. The normalized spacial score (nSPS) is 10.2. The Morgan fingerprint density at radius 1 is 1.19 bits per heavy atom. The molecule has 110 valence electrons. The van der Waals surface area contributed by atoms with E-state index in [1.165, 1.54) is 7.11 Å². The lowest BCUT2D eigenvalue weighted by Gasteiger charge is -2.08. The number of hydrogen-bond acceptors (Lipinski definition) is 4. The Labute approximate surface area is 120 Å². The monoisotopic (exact) mass is 293 g/mol. The van der Waals surface area contributed by atoms with Gasteiger partial charge in [0.2, 0.25) is 0 Å². The van der Waals surface area contributed by atoms with E-state index in [4.69, 9.17) is 15.2 Å². The summed E-state index contributed by atoms with van der Waals surface area (Å²) in [5.41, 5.74) is 5.79. The van der Waals surface area contributed by atoms with Crippen LogP contribution in [-0.2, 0) is 11.3 Å². The van der Waals surface area contributed by atoms with E-state index in [2.05, 4.69) is 0 Å². The number of methoxy groups -OCH3 is 1. The number of esters is 1. The Bertz CT molecular complexity index is 674. The highest BCUT2D eigenvalue weighted by Gasteiger charge is 2.15. The molecule has 0 aromatic heterocycles. The fourth-order valence-electron chi connectivity index (χ4n) is 1.73. The van der Waals surface area contributed by atoms with E-state index in [-0.39, 0.29) is 17.9 Å². The molecule has 0 aliphatic rings. The first-order valence-corrected chi connectivity index (χ1v) is 6.06. The molecule has 0 fully saturated rings. The fraction of sp³-hybridized carbons (Fsp3) is 0.133. The summed E-state index contributed by atoms with van der Waals surface area (Å²) in [5.74, 6) is -2.47. The number of hydrogen-bond donors (Lipinski definition) is 1. The van der Waals surface area contributed by atoms with E-state index in [9.17, 15) is 13.6 Å². The number of carbonyl (C=O) groups is 1. The summed E-state index contributed by atoms with van der Waals surface area (Å²) < 4.78 is 36.1. The molecule has 21 heavy (non-hydrogen) atoms. The third kappa shape index (κ3) is 3.47. The Kier molecular flexibility index (Phi) is 4.37. The standard InChI is InChI=1S/C15H13F2NO3/c1-20-10-4-2-3-9(5-10)8-21-15(19)11-6-12(16)13(17)7-14(11)18/h2-7H,8,18H2,1H3. The van der Waals surface area contributed by atoms with Crippen LogP contribution < -0.4 is 10.5 Å². The molecule has 0 spiro atoms. The fourth-order valence-corrected chi connectivity index (χ4v) is 1.73. The second-order valence-corrected chi connectivity index (χ2v) is 4.28. The molecule has 4 nitrogen and oxygen atoms in total. The molecule has 0 atom stereocenters. The number of carbonyl (C=O) groups excluding carboxylic acids is 1. The minimum absolute atomic E-state index is 0.0333. The summed E-state index contributed by atoms with van der Waals surface area (Å²) in [4.78, 5) is 11.8. The van der Waals surface area contributed by atoms with E-state index in [0.717, 1.165) is 12.1 Å². The number of nitrogen functional groups attached to an aromatic ring is 1. The van der Waals surface area contributed by atoms with Crippen LogP contribution in [0.5, 0.6) is 5.75 Å². The van der Waals surface area contributed by atoms with Gasteiger partial charge in [-0.1, -0.05) is 12.1 Å². The lowest BCUT2D eigenvalue weighted by Crippen LogP contribution is -2.09. The SMILES string of the molecule is COc1cccc(COC(=O)c2cc(F)c(F)cc2N)c1. The zero-order chi connectivity index (χ0) is 15.4. The predicted molar refractivity (Wildman–Crippen MR) is 72.9 cm³/mol. The van der Waals surface area contributed by atoms with Crippen LogP contribution in [0.25, 0.3) is 0 Å². The highest BCUT2D eigenvalue weighted by atomic mass is 19.2. The van der Waals surface area contributed by atoms with Crippen LogP contribution in [0.2, 0.25) is 0 Å². The smallest absolute Gasteiger partial charge is 0.340 e. The summed E-state index contributed by atoms with van der Waals surface area (Å²) in [7, 11) is 1.52. The van der Waals surface area contributed by atoms with Crippen molar-refractivity contribution >= 4 is 11.7 Å². The maximum Gasteiger partial charge on any atom is 0.340 e. The third-order valence-electron chi connectivity index (χ3n) is 2.82. The summed E-state index contributed by atoms with van der Waals surface area (Å²) in [5, 5.41) is 0. The quantitative estimate of drug-likeness (QED) is 0.695. The zero-order valence-electron chi connectivity index (χ0n) is 11.2. The average Bonchev–Trinajstić information content (AvgIpc) is 2.48. The van der Waals surface area contributed by atoms with Crippen LogP contribution in [0.3, 0.4) is 0 Å². The molecule has 0 radical (unpaired) electrons. The van der Waals surface area contributed by atoms with Crippen molar-refractivity contribution in [3.8, 4) is 5.75 Å². The van der Waals surface area contributed by atoms with Gasteiger partial charge in [0.1, 0.15) is 12.4 Å². The first-order valence-electron chi connectivity index (χ1n) is 6.06. The van der Waals surface area contributed by atoms with Crippen LogP contribution in [0.15, 0.2) is 36.4 Å². The Morgan fingerprint density at radius 2 is 1.90 bits per heavy atom. The molecule has 0 unspecified atom stereocenters. The second kappa shape index (κ2) is 6.21. The van der Waals surface area contributed by atoms with Crippen molar-refractivity contribution in [2.45, 2.75) is 6.61 Å². The number of anilines is 1. The van der Waals surface area contributed by atoms with Gasteiger partial charge in [-0.05, 0) is 23.8 Å². The third-order valence-corrected chi connectivity index (χ3v) is 2.82. The molecule has 0 bridgehead atoms. The highest BCUT2D eigenvalue weighted by molar-refractivity contribution is 5.95. The van der Waals surface area contributed by atoms with Gasteiger partial charge >= 0.3 is 5.97 Å². The Morgan fingerprint density at radius 3 is 2.62 bits per heavy atom. The first-order chi connectivity index (χ1) is 10.0. The topological polar surface area (TPSA) is 61.5 Å². The molecule has 2 rings (SSSR count). The van der Waals surface area contributed by atoms with Crippen LogP contribution in [-0.4, -0.2) is 13.1 Å². The van der Waals surface area contributed by atoms with Gasteiger partial charge in [-0.2, -0.15) is 0 Å². The van der Waals surface area contributed by atoms with Crippen LogP contribution in [0.4, 0.5) is 14.5 Å². The van der Waals surface area contributed by atoms with E-state index < -0.39 is 17.6 Å². The Hall–Kier alpha value is -2.63. The maximum atomic E-state index is 13.1. The molecule has 2 aromatic carbocycles. The first kappa shape index (κ1) is 14.8. The molecular formula is C15H13F2NO3. The molecule has 2 aromatic rings. The van der Waals surface area contributed by atoms with Crippen molar-refractivity contribution in [1.29, 1.82) is 0 Å². The number of ether oxygens (including phenoxy) is 2. The van der Waals surface area contributed by atoms with Gasteiger partial charge in [0.05, 0.1) is 12.7 Å². The molecule has 0 saturated heterocycles. The second-order valence-electron chi connectivity index (χ2n) is 4.28. The van der Waals surface area contributed by atoms with Crippen LogP contribution in [0.1, 0.15) is 15.9 Å².